The van der Waals surface area contributed by atoms with Gasteiger partial charge in [0.15, 0.2) is 5.96 Å². The number of rotatable bonds is 5. The molecule has 0 spiro atoms. The van der Waals surface area contributed by atoms with Gasteiger partial charge in [0.2, 0.25) is 0 Å². The highest BCUT2D eigenvalue weighted by atomic mass is 127. The molecule has 0 aliphatic carbocycles. The Morgan fingerprint density at radius 2 is 1.93 bits per heavy atom. The smallest absolute Gasteiger partial charge is 0.191 e. The summed E-state index contributed by atoms with van der Waals surface area (Å²) in [4.78, 5) is 8.93. The Bertz CT molecular complexity index is 732. The van der Waals surface area contributed by atoms with Crippen molar-refractivity contribution < 1.29 is 0 Å². The largest absolute Gasteiger partial charge is 0.378 e. The van der Waals surface area contributed by atoms with Crippen LogP contribution in [-0.4, -0.2) is 46.2 Å². The molecular weight excluding hydrogens is 449 g/mol. The summed E-state index contributed by atoms with van der Waals surface area (Å²) in [5.41, 5.74) is 3.75. The molecule has 2 aromatic carbocycles. The number of hydrogen-bond acceptors (Lipinski definition) is 3. The van der Waals surface area contributed by atoms with E-state index in [1.807, 2.05) is 7.05 Å². The summed E-state index contributed by atoms with van der Waals surface area (Å²) in [6.45, 7) is 2.83. The Balaban J connectivity index is 0.00000261. The second-order valence-corrected chi connectivity index (χ2v) is 6.90. The van der Waals surface area contributed by atoms with Crippen molar-refractivity contribution in [2.45, 2.75) is 19.0 Å². The maximum absolute atomic E-state index is 4.39. The Hall–Kier alpha value is -1.96. The SMILES string of the molecule is CN=C(NCc1cccc(N(C)C)c1)NC1CCN(c2ccccc2)C1.I. The van der Waals surface area contributed by atoms with E-state index in [-0.39, 0.29) is 24.0 Å². The van der Waals surface area contributed by atoms with E-state index in [4.69, 9.17) is 0 Å². The van der Waals surface area contributed by atoms with Gasteiger partial charge >= 0.3 is 0 Å². The predicted octanol–water partition coefficient (Wildman–Crippen LogP) is 3.31. The van der Waals surface area contributed by atoms with Crippen LogP contribution < -0.4 is 20.4 Å². The van der Waals surface area contributed by atoms with Gasteiger partial charge in [-0.25, -0.2) is 0 Å². The molecule has 27 heavy (non-hydrogen) atoms. The highest BCUT2D eigenvalue weighted by Crippen LogP contribution is 2.19. The molecule has 1 heterocycles. The quantitative estimate of drug-likeness (QED) is 0.393. The van der Waals surface area contributed by atoms with E-state index in [1.165, 1.54) is 16.9 Å². The van der Waals surface area contributed by atoms with E-state index in [0.717, 1.165) is 32.0 Å². The van der Waals surface area contributed by atoms with Gasteiger partial charge in [-0.05, 0) is 36.2 Å². The Kier molecular flexibility index (Phi) is 8.22. The minimum atomic E-state index is 0. The Labute approximate surface area is 179 Å². The topological polar surface area (TPSA) is 42.9 Å². The van der Waals surface area contributed by atoms with Gasteiger partial charge in [0, 0.05) is 58.2 Å². The van der Waals surface area contributed by atoms with Crippen LogP contribution in [0, 0.1) is 0 Å². The predicted molar refractivity (Wildman–Crippen MR) is 127 cm³/mol. The lowest BCUT2D eigenvalue weighted by molar-refractivity contribution is 0.648. The summed E-state index contributed by atoms with van der Waals surface area (Å²) in [6.07, 6.45) is 1.12. The number of aliphatic imine (C=N–C) groups is 1. The van der Waals surface area contributed by atoms with Crippen LogP contribution in [0.15, 0.2) is 59.6 Å². The first-order valence-electron chi connectivity index (χ1n) is 9.19. The molecule has 146 valence electrons. The average molecular weight is 479 g/mol. The highest BCUT2D eigenvalue weighted by molar-refractivity contribution is 14.0. The number of halogens is 1. The third-order valence-corrected chi connectivity index (χ3v) is 4.76. The molecule has 1 fully saturated rings. The first-order chi connectivity index (χ1) is 12.7. The number of hydrogen-bond donors (Lipinski definition) is 2. The number of benzene rings is 2. The van der Waals surface area contributed by atoms with Gasteiger partial charge in [0.05, 0.1) is 0 Å². The molecule has 5 nitrogen and oxygen atoms in total. The van der Waals surface area contributed by atoms with Crippen molar-refractivity contribution in [3.05, 3.63) is 60.2 Å². The third-order valence-electron chi connectivity index (χ3n) is 4.76. The van der Waals surface area contributed by atoms with Gasteiger partial charge in [-0.3, -0.25) is 4.99 Å². The van der Waals surface area contributed by atoms with Gasteiger partial charge in [0.25, 0.3) is 0 Å². The monoisotopic (exact) mass is 479 g/mol. The van der Waals surface area contributed by atoms with Gasteiger partial charge < -0.3 is 20.4 Å². The number of anilines is 2. The molecule has 1 aliphatic heterocycles. The lowest BCUT2D eigenvalue weighted by Gasteiger charge is -2.20. The molecule has 0 amide bonds. The molecule has 6 heteroatoms. The van der Waals surface area contributed by atoms with Crippen LogP contribution in [0.1, 0.15) is 12.0 Å². The Morgan fingerprint density at radius 3 is 2.63 bits per heavy atom. The van der Waals surface area contributed by atoms with Crippen LogP contribution in [0.5, 0.6) is 0 Å². The van der Waals surface area contributed by atoms with Crippen LogP contribution >= 0.6 is 24.0 Å². The summed E-state index contributed by atoms with van der Waals surface area (Å²) in [5, 5.41) is 6.99. The maximum Gasteiger partial charge on any atom is 0.191 e. The van der Waals surface area contributed by atoms with Crippen molar-refractivity contribution in [1.82, 2.24) is 10.6 Å². The van der Waals surface area contributed by atoms with Gasteiger partial charge in [-0.1, -0.05) is 30.3 Å². The summed E-state index contributed by atoms with van der Waals surface area (Å²) >= 11 is 0. The lowest BCUT2D eigenvalue weighted by Crippen LogP contribution is -2.44. The van der Waals surface area contributed by atoms with Crippen LogP contribution in [0.2, 0.25) is 0 Å². The third kappa shape index (κ3) is 6.02. The minimum Gasteiger partial charge on any atom is -0.378 e. The van der Waals surface area contributed by atoms with Crippen LogP contribution in [0.4, 0.5) is 11.4 Å². The van der Waals surface area contributed by atoms with Crippen molar-refractivity contribution >= 4 is 41.3 Å². The summed E-state index contributed by atoms with van der Waals surface area (Å²) < 4.78 is 0. The number of para-hydroxylation sites is 1. The molecule has 0 radical (unpaired) electrons. The van der Waals surface area contributed by atoms with E-state index >= 15 is 0 Å². The van der Waals surface area contributed by atoms with E-state index in [2.05, 4.69) is 94.1 Å². The molecule has 0 saturated carbocycles. The highest BCUT2D eigenvalue weighted by Gasteiger charge is 2.23. The van der Waals surface area contributed by atoms with E-state index in [9.17, 15) is 0 Å². The fourth-order valence-corrected chi connectivity index (χ4v) is 3.27. The number of nitrogens with one attached hydrogen (secondary N) is 2. The van der Waals surface area contributed by atoms with E-state index in [1.54, 1.807) is 0 Å². The first-order valence-corrected chi connectivity index (χ1v) is 9.19. The first kappa shape index (κ1) is 21.3. The van der Waals surface area contributed by atoms with Crippen molar-refractivity contribution in [3.8, 4) is 0 Å². The fraction of sp³-hybridized carbons (Fsp3) is 0.381. The molecule has 0 bridgehead atoms. The molecule has 0 aromatic heterocycles. The molecule has 1 saturated heterocycles. The van der Waals surface area contributed by atoms with Crippen LogP contribution in [-0.2, 0) is 6.54 Å². The van der Waals surface area contributed by atoms with Crippen molar-refractivity contribution in [2.75, 3.05) is 44.0 Å². The van der Waals surface area contributed by atoms with Gasteiger partial charge in [-0.2, -0.15) is 0 Å². The van der Waals surface area contributed by atoms with Crippen molar-refractivity contribution in [1.29, 1.82) is 0 Å². The standard InChI is InChI=1S/C21H29N5.HI/c1-22-21(23-15-17-8-7-11-20(14-17)25(2)3)24-18-12-13-26(16-18)19-9-5-4-6-10-19;/h4-11,14,18H,12-13,15-16H2,1-3H3,(H2,22,23,24);1H. The summed E-state index contributed by atoms with van der Waals surface area (Å²) in [7, 11) is 5.95. The lowest BCUT2D eigenvalue weighted by atomic mass is 10.2. The molecule has 2 N–H and O–H groups in total. The molecular formula is C21H30IN5. The minimum absolute atomic E-state index is 0. The Morgan fingerprint density at radius 1 is 1.15 bits per heavy atom. The van der Waals surface area contributed by atoms with Crippen molar-refractivity contribution in [2.24, 2.45) is 4.99 Å². The normalized spacial score (nSPS) is 16.6. The zero-order valence-corrected chi connectivity index (χ0v) is 18.7. The second kappa shape index (κ2) is 10.4. The second-order valence-electron chi connectivity index (χ2n) is 6.90. The van der Waals surface area contributed by atoms with Crippen molar-refractivity contribution in [3.63, 3.8) is 0 Å². The number of nitrogens with zero attached hydrogens (tertiary/aromatic N) is 3. The van der Waals surface area contributed by atoms with E-state index < -0.39 is 0 Å². The zero-order chi connectivity index (χ0) is 18.4. The average Bonchev–Trinajstić information content (AvgIpc) is 3.14. The van der Waals surface area contributed by atoms with Crippen LogP contribution in [0.3, 0.4) is 0 Å². The van der Waals surface area contributed by atoms with Gasteiger partial charge in [-0.15, -0.1) is 24.0 Å². The maximum atomic E-state index is 4.39. The van der Waals surface area contributed by atoms with Crippen LogP contribution in [0.25, 0.3) is 0 Å². The molecule has 1 unspecified atom stereocenters. The number of guanidine groups is 1. The summed E-state index contributed by atoms with van der Waals surface area (Å²) in [6, 6.07) is 19.6. The fourth-order valence-electron chi connectivity index (χ4n) is 3.27. The van der Waals surface area contributed by atoms with Gasteiger partial charge in [0.1, 0.15) is 0 Å². The summed E-state index contributed by atoms with van der Waals surface area (Å²) in [5.74, 6) is 0.861. The zero-order valence-electron chi connectivity index (χ0n) is 16.4. The molecule has 3 rings (SSSR count). The molecule has 1 aliphatic rings. The molecule has 2 aromatic rings. The molecule has 1 atom stereocenters. The van der Waals surface area contributed by atoms with E-state index in [0.29, 0.717) is 6.04 Å².